The number of fused-ring (bicyclic) bond motifs is 6. The lowest BCUT2D eigenvalue weighted by Gasteiger charge is -2.13. The van der Waals surface area contributed by atoms with Gasteiger partial charge in [-0.05, 0) is 48.9 Å². The number of imide groups is 1. The van der Waals surface area contributed by atoms with Crippen molar-refractivity contribution in [3.63, 3.8) is 0 Å². The lowest BCUT2D eigenvalue weighted by Crippen LogP contribution is -2.28. The molecule has 2 fully saturated rings. The number of amides is 2. The van der Waals surface area contributed by atoms with E-state index >= 15 is 0 Å². The molecule has 0 radical (unpaired) electrons. The number of aromatic nitrogens is 1. The molecule has 160 valence electrons. The lowest BCUT2D eigenvalue weighted by molar-refractivity contribution is -0.140. The molecule has 0 unspecified atom stereocenters. The molecule has 0 spiro atoms. The smallest absolute Gasteiger partial charge is 0.254 e. The van der Waals surface area contributed by atoms with Gasteiger partial charge >= 0.3 is 0 Å². The first-order valence-electron chi connectivity index (χ1n) is 11.0. The SMILES string of the molecule is Cc1c(C=NN2C(=O)[C@@H]3[C@H](C2=O)[C@H]2C=C[C@H]3C2)c2ccccc2n1Cc1ccc(F)cc1. The van der Waals surface area contributed by atoms with E-state index in [0.717, 1.165) is 39.2 Å². The van der Waals surface area contributed by atoms with Crippen molar-refractivity contribution >= 4 is 28.9 Å². The Balaban J connectivity index is 1.35. The molecule has 1 aromatic heterocycles. The van der Waals surface area contributed by atoms with Crippen LogP contribution in [0.1, 0.15) is 23.2 Å². The van der Waals surface area contributed by atoms with Gasteiger partial charge in [-0.1, -0.05) is 42.5 Å². The maximum absolute atomic E-state index is 13.3. The standard InChI is InChI=1S/C26H22FN3O2/c1-15-21(13-28-30-25(31)23-17-8-9-18(12-17)24(23)26(30)32)20-4-2-3-5-22(20)29(15)14-16-6-10-19(27)11-7-16/h2-11,13,17-18,23-24H,12,14H2,1H3/t17-,18-,23-,24+/m0/s1. The van der Waals surface area contributed by atoms with Gasteiger partial charge in [0.2, 0.25) is 0 Å². The van der Waals surface area contributed by atoms with E-state index < -0.39 is 0 Å². The highest BCUT2D eigenvalue weighted by atomic mass is 19.1. The molecule has 2 bridgehead atoms. The van der Waals surface area contributed by atoms with Gasteiger partial charge in [-0.3, -0.25) is 9.59 Å². The molecule has 2 aliphatic carbocycles. The van der Waals surface area contributed by atoms with Crippen molar-refractivity contribution in [1.82, 2.24) is 9.58 Å². The van der Waals surface area contributed by atoms with Crippen LogP contribution in [-0.4, -0.2) is 27.6 Å². The Morgan fingerprint density at radius 2 is 1.66 bits per heavy atom. The van der Waals surface area contributed by atoms with Crippen LogP contribution in [-0.2, 0) is 16.1 Å². The summed E-state index contributed by atoms with van der Waals surface area (Å²) in [4.78, 5) is 25.9. The second-order valence-electron chi connectivity index (χ2n) is 8.96. The third-order valence-corrected chi connectivity index (χ3v) is 7.28. The number of rotatable bonds is 4. The number of halogens is 1. The summed E-state index contributed by atoms with van der Waals surface area (Å²) < 4.78 is 15.5. The summed E-state index contributed by atoms with van der Waals surface area (Å²) in [6, 6.07) is 14.5. The summed E-state index contributed by atoms with van der Waals surface area (Å²) in [5.41, 5.74) is 3.86. The van der Waals surface area contributed by atoms with E-state index in [1.165, 1.54) is 12.1 Å². The zero-order valence-corrected chi connectivity index (χ0v) is 17.6. The van der Waals surface area contributed by atoms with E-state index in [1.54, 1.807) is 18.3 Å². The Morgan fingerprint density at radius 1 is 1.00 bits per heavy atom. The van der Waals surface area contributed by atoms with Gasteiger partial charge in [-0.15, -0.1) is 0 Å². The predicted molar refractivity (Wildman–Crippen MR) is 119 cm³/mol. The molecular weight excluding hydrogens is 405 g/mol. The number of hydrogen-bond acceptors (Lipinski definition) is 3. The number of hydrogen-bond donors (Lipinski definition) is 0. The summed E-state index contributed by atoms with van der Waals surface area (Å²) in [6.07, 6.45) is 6.71. The Kier molecular flexibility index (Phi) is 4.18. The minimum Gasteiger partial charge on any atom is -0.340 e. The molecule has 2 heterocycles. The highest BCUT2D eigenvalue weighted by molar-refractivity contribution is 6.08. The number of nitrogens with zero attached hydrogens (tertiary/aromatic N) is 3. The number of para-hydroxylation sites is 1. The van der Waals surface area contributed by atoms with Crippen molar-refractivity contribution < 1.29 is 14.0 Å². The van der Waals surface area contributed by atoms with Gasteiger partial charge < -0.3 is 4.57 Å². The number of carbonyl (C=O) groups excluding carboxylic acids is 2. The second-order valence-corrected chi connectivity index (χ2v) is 8.96. The number of allylic oxidation sites excluding steroid dienone is 2. The molecule has 3 aliphatic rings. The molecule has 32 heavy (non-hydrogen) atoms. The van der Waals surface area contributed by atoms with E-state index in [4.69, 9.17) is 0 Å². The van der Waals surface area contributed by atoms with Gasteiger partial charge in [-0.25, -0.2) is 4.39 Å². The van der Waals surface area contributed by atoms with Crippen LogP contribution >= 0.6 is 0 Å². The molecule has 6 rings (SSSR count). The van der Waals surface area contributed by atoms with Crippen LogP contribution in [0.25, 0.3) is 10.9 Å². The lowest BCUT2D eigenvalue weighted by atomic mass is 9.85. The van der Waals surface area contributed by atoms with Gasteiger partial charge in [0.1, 0.15) is 5.82 Å². The molecule has 5 nitrogen and oxygen atoms in total. The van der Waals surface area contributed by atoms with E-state index in [2.05, 4.69) is 21.8 Å². The van der Waals surface area contributed by atoms with Gasteiger partial charge in [0, 0.05) is 28.7 Å². The van der Waals surface area contributed by atoms with Crippen molar-refractivity contribution in [2.75, 3.05) is 0 Å². The largest absolute Gasteiger partial charge is 0.340 e. The normalized spacial score (nSPS) is 26.2. The molecular formula is C26H22FN3O2. The van der Waals surface area contributed by atoms with Gasteiger partial charge in [0.05, 0.1) is 18.1 Å². The van der Waals surface area contributed by atoms with Crippen molar-refractivity contribution in [3.8, 4) is 0 Å². The molecule has 1 aliphatic heterocycles. The minimum absolute atomic E-state index is 0.168. The van der Waals surface area contributed by atoms with Gasteiger partial charge in [-0.2, -0.15) is 10.1 Å². The number of carbonyl (C=O) groups is 2. The van der Waals surface area contributed by atoms with Gasteiger partial charge in [0.25, 0.3) is 11.8 Å². The second kappa shape index (κ2) is 6.99. The molecule has 6 heteroatoms. The van der Waals surface area contributed by atoms with Crippen LogP contribution in [0.2, 0.25) is 0 Å². The molecule has 2 aromatic carbocycles. The Morgan fingerprint density at radius 3 is 2.34 bits per heavy atom. The monoisotopic (exact) mass is 427 g/mol. The first kappa shape index (κ1) is 19.2. The number of hydrazone groups is 1. The zero-order valence-electron chi connectivity index (χ0n) is 17.6. The molecule has 2 amide bonds. The van der Waals surface area contributed by atoms with Crippen LogP contribution in [0.5, 0.6) is 0 Å². The van der Waals surface area contributed by atoms with Gasteiger partial charge in [0.15, 0.2) is 0 Å². The molecule has 4 atom stereocenters. The predicted octanol–water partition coefficient (Wildman–Crippen LogP) is 4.28. The fraction of sp³-hybridized carbons (Fsp3) is 0.269. The van der Waals surface area contributed by atoms with E-state index in [9.17, 15) is 14.0 Å². The molecule has 1 saturated heterocycles. The third kappa shape index (κ3) is 2.72. The molecule has 1 saturated carbocycles. The van der Waals surface area contributed by atoms with Crippen LogP contribution in [0.4, 0.5) is 4.39 Å². The molecule has 3 aromatic rings. The maximum atomic E-state index is 13.3. The quantitative estimate of drug-likeness (QED) is 0.355. The molecule has 0 N–H and O–H groups in total. The maximum Gasteiger partial charge on any atom is 0.254 e. The fourth-order valence-corrected chi connectivity index (χ4v) is 5.71. The topological polar surface area (TPSA) is 54.7 Å². The number of benzene rings is 2. The van der Waals surface area contributed by atoms with E-state index in [1.807, 2.05) is 31.2 Å². The summed E-state index contributed by atoms with van der Waals surface area (Å²) in [5.74, 6) is -0.793. The van der Waals surface area contributed by atoms with Crippen LogP contribution in [0, 0.1) is 36.4 Å². The highest BCUT2D eigenvalue weighted by Gasteiger charge is 2.59. The summed E-state index contributed by atoms with van der Waals surface area (Å²) >= 11 is 0. The summed E-state index contributed by atoms with van der Waals surface area (Å²) in [5, 5.41) is 6.48. The van der Waals surface area contributed by atoms with E-state index in [0.29, 0.717) is 6.54 Å². The zero-order chi connectivity index (χ0) is 22.0. The Hall–Kier alpha value is -3.54. The average Bonchev–Trinajstić information content (AvgIpc) is 3.53. The first-order chi connectivity index (χ1) is 15.5. The summed E-state index contributed by atoms with van der Waals surface area (Å²) in [7, 11) is 0. The Bertz CT molecular complexity index is 1290. The van der Waals surface area contributed by atoms with Crippen molar-refractivity contribution in [3.05, 3.63) is 83.3 Å². The minimum atomic E-state index is -0.260. The van der Waals surface area contributed by atoms with Crippen LogP contribution in [0.3, 0.4) is 0 Å². The summed E-state index contributed by atoms with van der Waals surface area (Å²) in [6.45, 7) is 2.58. The van der Waals surface area contributed by atoms with Crippen molar-refractivity contribution in [2.45, 2.75) is 19.9 Å². The van der Waals surface area contributed by atoms with E-state index in [-0.39, 0.29) is 41.3 Å². The highest BCUT2D eigenvalue weighted by Crippen LogP contribution is 2.52. The first-order valence-corrected chi connectivity index (χ1v) is 11.0. The van der Waals surface area contributed by atoms with Crippen molar-refractivity contribution in [2.24, 2.45) is 28.8 Å². The van der Waals surface area contributed by atoms with Crippen molar-refractivity contribution in [1.29, 1.82) is 0 Å². The van der Waals surface area contributed by atoms with Crippen LogP contribution < -0.4 is 0 Å². The van der Waals surface area contributed by atoms with Crippen LogP contribution in [0.15, 0.2) is 65.8 Å². The fourth-order valence-electron chi connectivity index (χ4n) is 5.71. The average molecular weight is 427 g/mol. The third-order valence-electron chi connectivity index (χ3n) is 7.28. The Labute approximate surface area is 184 Å².